The number of ketones is 1. The van der Waals surface area contributed by atoms with Gasteiger partial charge < -0.3 is 4.74 Å². The monoisotopic (exact) mass is 280 g/mol. The molecule has 2 rings (SSSR count). The second-order valence-corrected chi connectivity index (χ2v) is 5.77. The first kappa shape index (κ1) is 14.5. The van der Waals surface area contributed by atoms with Gasteiger partial charge in [-0.25, -0.2) is 0 Å². The zero-order chi connectivity index (χ0) is 13.8. The molecular formula is C16H21ClO2. The van der Waals surface area contributed by atoms with Gasteiger partial charge in [0, 0.05) is 23.6 Å². The van der Waals surface area contributed by atoms with E-state index in [1.807, 2.05) is 26.0 Å². The quantitative estimate of drug-likeness (QED) is 0.760. The maximum atomic E-state index is 12.3. The topological polar surface area (TPSA) is 26.3 Å². The van der Waals surface area contributed by atoms with Crippen molar-refractivity contribution >= 4 is 17.4 Å². The van der Waals surface area contributed by atoms with Crippen molar-refractivity contribution in [2.24, 2.45) is 0 Å². The van der Waals surface area contributed by atoms with Gasteiger partial charge in [0.2, 0.25) is 0 Å². The van der Waals surface area contributed by atoms with E-state index in [1.54, 1.807) is 0 Å². The number of hydrogen-bond acceptors (Lipinski definition) is 2. The van der Waals surface area contributed by atoms with Crippen LogP contribution >= 0.6 is 11.6 Å². The van der Waals surface area contributed by atoms with Crippen molar-refractivity contribution in [3.63, 3.8) is 0 Å². The average molecular weight is 281 g/mol. The average Bonchev–Trinajstić information content (AvgIpc) is 2.41. The van der Waals surface area contributed by atoms with Crippen LogP contribution < -0.4 is 0 Å². The van der Waals surface area contributed by atoms with E-state index in [4.69, 9.17) is 16.3 Å². The second kappa shape index (κ2) is 6.53. The largest absolute Gasteiger partial charge is 0.378 e. The Kier molecular flexibility index (Phi) is 5.00. The summed E-state index contributed by atoms with van der Waals surface area (Å²) in [6, 6.07) is 3.78. The van der Waals surface area contributed by atoms with Crippen molar-refractivity contribution in [1.29, 1.82) is 0 Å². The van der Waals surface area contributed by atoms with Gasteiger partial charge in [0.1, 0.15) is 0 Å². The summed E-state index contributed by atoms with van der Waals surface area (Å²) < 4.78 is 5.66. The second-order valence-electron chi connectivity index (χ2n) is 5.37. The Hall–Kier alpha value is -0.860. The first-order valence-electron chi connectivity index (χ1n) is 6.99. The minimum Gasteiger partial charge on any atom is -0.378 e. The molecule has 0 amide bonds. The molecule has 0 spiro atoms. The van der Waals surface area contributed by atoms with Gasteiger partial charge in [-0.1, -0.05) is 11.6 Å². The maximum Gasteiger partial charge on any atom is 0.163 e. The SMILES string of the molecule is Cc1cc(C(=O)CCC2CCCCO2)c(C)cc1Cl. The number of rotatable bonds is 4. The summed E-state index contributed by atoms with van der Waals surface area (Å²) in [5.74, 6) is 0.200. The van der Waals surface area contributed by atoms with Gasteiger partial charge in [-0.05, 0) is 62.8 Å². The molecule has 2 nitrogen and oxygen atoms in total. The zero-order valence-corrected chi connectivity index (χ0v) is 12.4. The van der Waals surface area contributed by atoms with E-state index in [1.165, 1.54) is 6.42 Å². The molecule has 1 atom stereocenters. The fourth-order valence-electron chi connectivity index (χ4n) is 2.54. The molecular weight excluding hydrogens is 260 g/mol. The lowest BCUT2D eigenvalue weighted by Gasteiger charge is -2.22. The van der Waals surface area contributed by atoms with Crippen LogP contribution in [-0.4, -0.2) is 18.5 Å². The molecule has 3 heteroatoms. The highest BCUT2D eigenvalue weighted by atomic mass is 35.5. The van der Waals surface area contributed by atoms with Crippen molar-refractivity contribution < 1.29 is 9.53 Å². The molecule has 0 bridgehead atoms. The predicted molar refractivity (Wildman–Crippen MR) is 78.1 cm³/mol. The van der Waals surface area contributed by atoms with Crippen LogP contribution in [0.2, 0.25) is 5.02 Å². The number of benzene rings is 1. The van der Waals surface area contributed by atoms with Gasteiger partial charge in [-0.2, -0.15) is 0 Å². The van der Waals surface area contributed by atoms with Crippen LogP contribution in [0.4, 0.5) is 0 Å². The number of Topliss-reactive ketones (excluding diaryl/α,β-unsaturated/α-hetero) is 1. The molecule has 0 saturated carbocycles. The van der Waals surface area contributed by atoms with E-state index < -0.39 is 0 Å². The molecule has 1 saturated heterocycles. The summed E-state index contributed by atoms with van der Waals surface area (Å²) in [6.07, 6.45) is 5.13. The number of carbonyl (C=O) groups is 1. The molecule has 0 aromatic heterocycles. The Morgan fingerprint density at radius 3 is 2.79 bits per heavy atom. The Morgan fingerprint density at radius 1 is 1.32 bits per heavy atom. The lowest BCUT2D eigenvalue weighted by Crippen LogP contribution is -2.20. The smallest absolute Gasteiger partial charge is 0.163 e. The molecule has 0 radical (unpaired) electrons. The van der Waals surface area contributed by atoms with Crippen LogP contribution in [0.3, 0.4) is 0 Å². The van der Waals surface area contributed by atoms with E-state index >= 15 is 0 Å². The van der Waals surface area contributed by atoms with Crippen molar-refractivity contribution in [3.05, 3.63) is 33.8 Å². The molecule has 1 aliphatic heterocycles. The number of ether oxygens (including phenoxy) is 1. The Morgan fingerprint density at radius 2 is 2.11 bits per heavy atom. The van der Waals surface area contributed by atoms with Gasteiger partial charge in [0.05, 0.1) is 6.10 Å². The van der Waals surface area contributed by atoms with Gasteiger partial charge >= 0.3 is 0 Å². The van der Waals surface area contributed by atoms with Crippen molar-refractivity contribution in [2.45, 2.75) is 52.1 Å². The van der Waals surface area contributed by atoms with Crippen molar-refractivity contribution in [2.75, 3.05) is 6.61 Å². The van der Waals surface area contributed by atoms with Gasteiger partial charge in [-0.3, -0.25) is 4.79 Å². The van der Waals surface area contributed by atoms with Gasteiger partial charge in [0.25, 0.3) is 0 Å². The number of hydrogen-bond donors (Lipinski definition) is 0. The summed E-state index contributed by atoms with van der Waals surface area (Å²) in [5, 5.41) is 0.727. The summed E-state index contributed by atoms with van der Waals surface area (Å²) in [7, 11) is 0. The molecule has 104 valence electrons. The summed E-state index contributed by atoms with van der Waals surface area (Å²) in [5.41, 5.74) is 2.73. The van der Waals surface area contributed by atoms with E-state index in [9.17, 15) is 4.79 Å². The van der Waals surface area contributed by atoms with Gasteiger partial charge in [-0.15, -0.1) is 0 Å². The molecule has 0 aliphatic carbocycles. The summed E-state index contributed by atoms with van der Waals surface area (Å²) in [4.78, 5) is 12.3. The highest BCUT2D eigenvalue weighted by Gasteiger charge is 2.17. The molecule has 1 fully saturated rings. The molecule has 1 aliphatic rings. The van der Waals surface area contributed by atoms with E-state index in [0.717, 1.165) is 47.6 Å². The lowest BCUT2D eigenvalue weighted by atomic mass is 9.96. The zero-order valence-electron chi connectivity index (χ0n) is 11.7. The van der Waals surface area contributed by atoms with Crippen LogP contribution in [0.1, 0.15) is 53.6 Å². The first-order valence-corrected chi connectivity index (χ1v) is 7.37. The third-order valence-electron chi connectivity index (χ3n) is 3.77. The lowest BCUT2D eigenvalue weighted by molar-refractivity contribution is 0.0104. The Labute approximate surface area is 120 Å². The van der Waals surface area contributed by atoms with Gasteiger partial charge in [0.15, 0.2) is 5.78 Å². The Bertz CT molecular complexity index is 462. The highest BCUT2D eigenvalue weighted by Crippen LogP contribution is 2.23. The third kappa shape index (κ3) is 3.80. The summed E-state index contributed by atoms with van der Waals surface area (Å²) >= 11 is 6.06. The first-order chi connectivity index (χ1) is 9.08. The normalized spacial score (nSPS) is 19.4. The molecule has 1 aromatic rings. The number of carbonyl (C=O) groups excluding carboxylic acids is 1. The predicted octanol–water partition coefficient (Wildman–Crippen LogP) is 4.49. The van der Waals surface area contributed by atoms with Crippen LogP contribution in [0.25, 0.3) is 0 Å². The number of halogens is 1. The molecule has 19 heavy (non-hydrogen) atoms. The highest BCUT2D eigenvalue weighted by molar-refractivity contribution is 6.31. The van der Waals surface area contributed by atoms with Crippen LogP contribution in [-0.2, 0) is 4.74 Å². The minimum absolute atomic E-state index is 0.200. The standard InChI is InChI=1S/C16H21ClO2/c1-11-10-15(17)12(2)9-14(11)16(18)7-6-13-5-3-4-8-19-13/h9-10,13H,3-8H2,1-2H3. The van der Waals surface area contributed by atoms with Crippen LogP contribution in [0, 0.1) is 13.8 Å². The van der Waals surface area contributed by atoms with Crippen LogP contribution in [0.5, 0.6) is 0 Å². The van der Waals surface area contributed by atoms with Crippen molar-refractivity contribution in [3.8, 4) is 0 Å². The van der Waals surface area contributed by atoms with E-state index in [2.05, 4.69) is 0 Å². The molecule has 1 aromatic carbocycles. The van der Waals surface area contributed by atoms with E-state index in [0.29, 0.717) is 6.42 Å². The maximum absolute atomic E-state index is 12.3. The molecule has 0 N–H and O–H groups in total. The van der Waals surface area contributed by atoms with E-state index in [-0.39, 0.29) is 11.9 Å². The fraction of sp³-hybridized carbons (Fsp3) is 0.562. The fourth-order valence-corrected chi connectivity index (χ4v) is 2.76. The van der Waals surface area contributed by atoms with Crippen LogP contribution in [0.15, 0.2) is 12.1 Å². The minimum atomic E-state index is 0.200. The Balaban J connectivity index is 1.97. The summed E-state index contributed by atoms with van der Waals surface area (Å²) in [6.45, 7) is 4.72. The number of aryl methyl sites for hydroxylation is 2. The molecule has 1 heterocycles. The van der Waals surface area contributed by atoms with Crippen molar-refractivity contribution in [1.82, 2.24) is 0 Å². The third-order valence-corrected chi connectivity index (χ3v) is 4.18. The molecule has 1 unspecified atom stereocenters.